The van der Waals surface area contributed by atoms with Gasteiger partial charge in [-0.25, -0.2) is 0 Å². The second-order valence-corrected chi connectivity index (χ2v) is 5.84. The van der Waals surface area contributed by atoms with Gasteiger partial charge in [-0.05, 0) is 23.1 Å². The Bertz CT molecular complexity index is 750. The molecule has 0 aliphatic rings. The maximum Gasteiger partial charge on any atom is 0.135 e. The molecular weight excluding hydrogens is 292 g/mol. The molecule has 0 aromatic heterocycles. The lowest BCUT2D eigenvalue weighted by Crippen LogP contribution is -2.29. The number of aldehydes is 1. The van der Waals surface area contributed by atoms with E-state index in [1.54, 1.807) is 0 Å². The number of carbonyl (C=O) groups excluding carboxylic acids is 1. The van der Waals surface area contributed by atoms with Crippen LogP contribution in [-0.4, -0.2) is 6.29 Å². The quantitative estimate of drug-likeness (QED) is 0.566. The zero-order chi connectivity index (χ0) is 16.7. The van der Waals surface area contributed by atoms with Crippen LogP contribution in [-0.2, 0) is 10.2 Å². The molecule has 3 rings (SSSR count). The monoisotopic (exact) mass is 312 g/mol. The van der Waals surface area contributed by atoms with Crippen molar-refractivity contribution in [3.05, 3.63) is 114 Å². The van der Waals surface area contributed by atoms with Gasteiger partial charge in [0.05, 0.1) is 5.41 Å². The van der Waals surface area contributed by atoms with E-state index in [0.29, 0.717) is 6.42 Å². The van der Waals surface area contributed by atoms with E-state index in [4.69, 9.17) is 0 Å². The summed E-state index contributed by atoms with van der Waals surface area (Å²) in [6, 6.07) is 30.1. The van der Waals surface area contributed by atoms with Crippen molar-refractivity contribution in [3.63, 3.8) is 0 Å². The van der Waals surface area contributed by atoms with Gasteiger partial charge in [0.25, 0.3) is 0 Å². The fraction of sp³-hybridized carbons (Fsp3) is 0.0870. The molecule has 0 unspecified atom stereocenters. The third kappa shape index (κ3) is 3.36. The van der Waals surface area contributed by atoms with Crippen molar-refractivity contribution in [1.82, 2.24) is 0 Å². The van der Waals surface area contributed by atoms with Crippen LogP contribution in [0.25, 0.3) is 6.08 Å². The molecule has 0 fully saturated rings. The van der Waals surface area contributed by atoms with E-state index in [0.717, 1.165) is 23.0 Å². The van der Waals surface area contributed by atoms with Crippen LogP contribution >= 0.6 is 0 Å². The summed E-state index contributed by atoms with van der Waals surface area (Å²) in [6.07, 6.45) is 5.86. The van der Waals surface area contributed by atoms with Gasteiger partial charge in [-0.2, -0.15) is 0 Å². The van der Waals surface area contributed by atoms with E-state index < -0.39 is 5.41 Å². The predicted octanol–water partition coefficient (Wildman–Crippen LogP) is 5.28. The predicted molar refractivity (Wildman–Crippen MR) is 99.8 cm³/mol. The number of benzene rings is 3. The van der Waals surface area contributed by atoms with Gasteiger partial charge in [-0.1, -0.05) is 103 Å². The molecule has 24 heavy (non-hydrogen) atoms. The number of hydrogen-bond donors (Lipinski definition) is 0. The Labute approximate surface area is 143 Å². The second kappa shape index (κ2) is 7.56. The molecule has 0 aliphatic carbocycles. The summed E-state index contributed by atoms with van der Waals surface area (Å²) in [4.78, 5) is 12.2. The van der Waals surface area contributed by atoms with Crippen molar-refractivity contribution in [3.8, 4) is 0 Å². The minimum atomic E-state index is -0.659. The summed E-state index contributed by atoms with van der Waals surface area (Å²) in [7, 11) is 0. The number of rotatable bonds is 6. The zero-order valence-electron chi connectivity index (χ0n) is 13.5. The normalized spacial score (nSPS) is 11.5. The molecule has 0 spiro atoms. The first-order valence-electron chi connectivity index (χ1n) is 8.14. The highest BCUT2D eigenvalue weighted by Gasteiger charge is 2.32. The molecule has 0 atom stereocenters. The summed E-state index contributed by atoms with van der Waals surface area (Å²) < 4.78 is 0. The fourth-order valence-electron chi connectivity index (χ4n) is 3.00. The first-order valence-corrected chi connectivity index (χ1v) is 8.14. The molecule has 1 heteroatoms. The van der Waals surface area contributed by atoms with Crippen LogP contribution in [0.5, 0.6) is 0 Å². The van der Waals surface area contributed by atoms with Gasteiger partial charge in [0, 0.05) is 0 Å². The first kappa shape index (κ1) is 15.9. The molecular formula is C23H20O. The van der Waals surface area contributed by atoms with Crippen LogP contribution in [0.2, 0.25) is 0 Å². The molecule has 0 saturated heterocycles. The lowest BCUT2D eigenvalue weighted by Gasteiger charge is -2.28. The largest absolute Gasteiger partial charge is 0.302 e. The van der Waals surface area contributed by atoms with Crippen molar-refractivity contribution in [2.75, 3.05) is 0 Å². The maximum absolute atomic E-state index is 12.2. The van der Waals surface area contributed by atoms with Crippen LogP contribution in [0.1, 0.15) is 23.1 Å². The SMILES string of the molecule is O=CC(C/C=C\c1ccccc1)(c1ccccc1)c1ccccc1. The number of allylic oxidation sites excluding steroid dienone is 1. The van der Waals surface area contributed by atoms with E-state index in [2.05, 4.69) is 24.3 Å². The van der Waals surface area contributed by atoms with Crippen LogP contribution < -0.4 is 0 Å². The number of carbonyl (C=O) groups is 1. The van der Waals surface area contributed by atoms with Gasteiger partial charge in [0.2, 0.25) is 0 Å². The van der Waals surface area contributed by atoms with Crippen LogP contribution in [0.3, 0.4) is 0 Å². The Hall–Kier alpha value is -2.93. The topological polar surface area (TPSA) is 17.1 Å². The highest BCUT2D eigenvalue weighted by molar-refractivity contribution is 5.75. The fourth-order valence-corrected chi connectivity index (χ4v) is 3.00. The standard InChI is InChI=1S/C23H20O/c24-19-23(21-14-6-2-7-15-21,22-16-8-3-9-17-22)18-10-13-20-11-4-1-5-12-20/h1-17,19H,18H2/b13-10-. The Kier molecular flexibility index (Phi) is 5.02. The van der Waals surface area contributed by atoms with Gasteiger partial charge < -0.3 is 4.79 Å². The van der Waals surface area contributed by atoms with Crippen molar-refractivity contribution in [1.29, 1.82) is 0 Å². The molecule has 3 aromatic carbocycles. The van der Waals surface area contributed by atoms with Crippen molar-refractivity contribution < 1.29 is 4.79 Å². The van der Waals surface area contributed by atoms with E-state index >= 15 is 0 Å². The third-order valence-corrected chi connectivity index (χ3v) is 4.33. The second-order valence-electron chi connectivity index (χ2n) is 5.84. The molecule has 1 nitrogen and oxygen atoms in total. The average Bonchev–Trinajstić information content (AvgIpc) is 2.68. The molecule has 0 heterocycles. The van der Waals surface area contributed by atoms with Gasteiger partial charge in [-0.15, -0.1) is 0 Å². The smallest absolute Gasteiger partial charge is 0.135 e. The molecule has 3 aromatic rings. The molecule has 0 radical (unpaired) electrons. The van der Waals surface area contributed by atoms with E-state index in [1.165, 1.54) is 0 Å². The van der Waals surface area contributed by atoms with Crippen LogP contribution in [0.4, 0.5) is 0 Å². The van der Waals surface area contributed by atoms with Gasteiger partial charge >= 0.3 is 0 Å². The minimum absolute atomic E-state index is 0.624. The van der Waals surface area contributed by atoms with E-state index in [-0.39, 0.29) is 0 Å². The maximum atomic E-state index is 12.2. The molecule has 0 amide bonds. The highest BCUT2D eigenvalue weighted by atomic mass is 16.1. The minimum Gasteiger partial charge on any atom is -0.302 e. The van der Waals surface area contributed by atoms with Crippen molar-refractivity contribution in [2.45, 2.75) is 11.8 Å². The summed E-state index contributed by atoms with van der Waals surface area (Å²) in [5.74, 6) is 0. The lowest BCUT2D eigenvalue weighted by atomic mass is 9.73. The van der Waals surface area contributed by atoms with E-state index in [9.17, 15) is 4.79 Å². The Morgan fingerprint density at radius 1 is 0.667 bits per heavy atom. The molecule has 118 valence electrons. The summed E-state index contributed by atoms with van der Waals surface area (Å²) in [6.45, 7) is 0. The van der Waals surface area contributed by atoms with Crippen LogP contribution in [0, 0.1) is 0 Å². The zero-order valence-corrected chi connectivity index (χ0v) is 13.5. The van der Waals surface area contributed by atoms with Crippen molar-refractivity contribution >= 4 is 12.4 Å². The Morgan fingerprint density at radius 2 is 1.12 bits per heavy atom. The van der Waals surface area contributed by atoms with Gasteiger partial charge in [0.1, 0.15) is 6.29 Å². The highest BCUT2D eigenvalue weighted by Crippen LogP contribution is 2.34. The van der Waals surface area contributed by atoms with Gasteiger partial charge in [0.15, 0.2) is 0 Å². The Balaban J connectivity index is 1.99. The summed E-state index contributed by atoms with van der Waals surface area (Å²) in [5, 5.41) is 0. The Morgan fingerprint density at radius 3 is 1.58 bits per heavy atom. The molecule has 0 N–H and O–H groups in total. The molecule has 0 saturated carbocycles. The van der Waals surface area contributed by atoms with Gasteiger partial charge in [-0.3, -0.25) is 0 Å². The molecule has 0 bridgehead atoms. The summed E-state index contributed by atoms with van der Waals surface area (Å²) in [5.41, 5.74) is 2.51. The van der Waals surface area contributed by atoms with Crippen molar-refractivity contribution in [2.24, 2.45) is 0 Å². The first-order chi connectivity index (χ1) is 11.8. The molecule has 0 aliphatic heterocycles. The van der Waals surface area contributed by atoms with Crippen LogP contribution in [0.15, 0.2) is 97.1 Å². The van der Waals surface area contributed by atoms with E-state index in [1.807, 2.05) is 78.9 Å². The summed E-state index contributed by atoms with van der Waals surface area (Å²) >= 11 is 0. The lowest BCUT2D eigenvalue weighted by molar-refractivity contribution is -0.111. The average molecular weight is 312 g/mol. The third-order valence-electron chi connectivity index (χ3n) is 4.33. The number of hydrogen-bond acceptors (Lipinski definition) is 1.